The third-order valence-corrected chi connectivity index (χ3v) is 2.65. The molecule has 2 atom stereocenters. The van der Waals surface area contributed by atoms with E-state index in [2.05, 4.69) is 4.74 Å². The molecule has 0 saturated heterocycles. The van der Waals surface area contributed by atoms with Gasteiger partial charge in [0.05, 0.1) is 23.8 Å². The zero-order valence-corrected chi connectivity index (χ0v) is 10.9. The van der Waals surface area contributed by atoms with Crippen LogP contribution in [0.5, 0.6) is 0 Å². The van der Waals surface area contributed by atoms with E-state index in [9.17, 15) is 28.2 Å². The number of rotatable bonds is 4. The van der Waals surface area contributed by atoms with Crippen molar-refractivity contribution in [1.29, 1.82) is 5.26 Å². The van der Waals surface area contributed by atoms with E-state index in [-0.39, 0.29) is 12.2 Å². The first kappa shape index (κ1) is 16.9. The fourth-order valence-corrected chi connectivity index (χ4v) is 1.61. The number of benzene rings is 1. The number of aliphatic hydroxyl groups excluding tert-OH is 2. The van der Waals surface area contributed by atoms with Crippen molar-refractivity contribution in [3.05, 3.63) is 34.9 Å². The van der Waals surface area contributed by atoms with Crippen LogP contribution in [-0.4, -0.2) is 28.9 Å². The number of esters is 1. The van der Waals surface area contributed by atoms with Gasteiger partial charge < -0.3 is 14.9 Å². The van der Waals surface area contributed by atoms with E-state index in [1.165, 1.54) is 13.0 Å². The predicted molar refractivity (Wildman–Crippen MR) is 63.8 cm³/mol. The molecule has 0 heterocycles. The smallest absolute Gasteiger partial charge is 0.416 e. The maximum absolute atomic E-state index is 12.5. The molecule has 0 saturated carbocycles. The summed E-state index contributed by atoms with van der Waals surface area (Å²) in [5.74, 6) is -1.13. The summed E-state index contributed by atoms with van der Waals surface area (Å²) in [6.45, 7) is 1.44. The Bertz CT molecular complexity index is 566. The summed E-state index contributed by atoms with van der Waals surface area (Å²) in [6.07, 6.45) is -8.50. The van der Waals surface area contributed by atoms with E-state index in [1.807, 2.05) is 0 Å². The molecule has 0 aliphatic heterocycles. The highest BCUT2D eigenvalue weighted by Crippen LogP contribution is 2.32. The highest BCUT2D eigenvalue weighted by Gasteiger charge is 2.33. The van der Waals surface area contributed by atoms with Gasteiger partial charge in [-0.25, -0.2) is 4.79 Å². The summed E-state index contributed by atoms with van der Waals surface area (Å²) in [6, 6.07) is 3.52. The van der Waals surface area contributed by atoms with Crippen LogP contribution in [0, 0.1) is 11.3 Å². The van der Waals surface area contributed by atoms with Crippen LogP contribution in [0.25, 0.3) is 0 Å². The van der Waals surface area contributed by atoms with Crippen LogP contribution >= 0.6 is 0 Å². The molecule has 0 spiro atoms. The van der Waals surface area contributed by atoms with Crippen LogP contribution in [0.4, 0.5) is 13.2 Å². The Kier molecular flexibility index (Phi) is 5.29. The fourth-order valence-electron chi connectivity index (χ4n) is 1.61. The summed E-state index contributed by atoms with van der Waals surface area (Å²) in [7, 11) is 0. The highest BCUT2D eigenvalue weighted by atomic mass is 19.4. The molecule has 0 aromatic heterocycles. The van der Waals surface area contributed by atoms with Crippen LogP contribution in [0.2, 0.25) is 0 Å². The molecule has 8 heteroatoms. The SMILES string of the molecule is CCOC(=O)C(O)C(O)c1ccc(C(F)(F)F)cc1C#N. The van der Waals surface area contributed by atoms with Crippen LogP contribution in [-0.2, 0) is 15.7 Å². The van der Waals surface area contributed by atoms with Gasteiger partial charge in [-0.05, 0) is 19.1 Å². The second-order valence-corrected chi connectivity index (χ2v) is 4.05. The maximum Gasteiger partial charge on any atom is 0.416 e. The molecular formula is C13H12F3NO4. The second-order valence-electron chi connectivity index (χ2n) is 4.05. The Morgan fingerprint density at radius 1 is 1.43 bits per heavy atom. The number of nitrogens with zero attached hydrogens (tertiary/aromatic N) is 1. The summed E-state index contributed by atoms with van der Waals surface area (Å²) >= 11 is 0. The Morgan fingerprint density at radius 3 is 2.52 bits per heavy atom. The molecule has 0 amide bonds. The van der Waals surface area contributed by atoms with E-state index in [4.69, 9.17) is 5.26 Å². The Hall–Kier alpha value is -2.11. The first-order valence-corrected chi connectivity index (χ1v) is 5.86. The van der Waals surface area contributed by atoms with Crippen molar-refractivity contribution in [3.63, 3.8) is 0 Å². The first-order chi connectivity index (χ1) is 9.72. The Morgan fingerprint density at radius 2 is 2.05 bits per heavy atom. The molecule has 0 bridgehead atoms. The van der Waals surface area contributed by atoms with Crippen molar-refractivity contribution in [2.24, 2.45) is 0 Å². The molecule has 1 aromatic rings. The van der Waals surface area contributed by atoms with Gasteiger partial charge in [-0.15, -0.1) is 0 Å². The zero-order chi connectivity index (χ0) is 16.2. The molecule has 2 N–H and O–H groups in total. The standard InChI is InChI=1S/C13H12F3NO4/c1-2-21-12(20)11(19)10(18)9-4-3-8(13(14,15)16)5-7(9)6-17/h3-5,10-11,18-19H,2H2,1H3. The molecule has 21 heavy (non-hydrogen) atoms. The van der Waals surface area contributed by atoms with Crippen LogP contribution in [0.1, 0.15) is 29.7 Å². The minimum Gasteiger partial charge on any atom is -0.464 e. The largest absolute Gasteiger partial charge is 0.464 e. The molecular weight excluding hydrogens is 291 g/mol. The lowest BCUT2D eigenvalue weighted by atomic mass is 9.97. The molecule has 0 aliphatic rings. The minimum absolute atomic E-state index is 0.0409. The van der Waals surface area contributed by atoms with Gasteiger partial charge >= 0.3 is 12.1 Å². The molecule has 1 aromatic carbocycles. The topological polar surface area (TPSA) is 90.6 Å². The van der Waals surface area contributed by atoms with Crippen molar-refractivity contribution < 1.29 is 32.9 Å². The molecule has 114 valence electrons. The van der Waals surface area contributed by atoms with E-state index in [0.717, 1.165) is 6.07 Å². The molecule has 1 rings (SSSR count). The lowest BCUT2D eigenvalue weighted by Crippen LogP contribution is -2.30. The Balaban J connectivity index is 3.14. The second kappa shape index (κ2) is 6.56. The van der Waals surface area contributed by atoms with E-state index >= 15 is 0 Å². The Labute approximate surface area is 118 Å². The monoisotopic (exact) mass is 303 g/mol. The average molecular weight is 303 g/mol. The van der Waals surface area contributed by atoms with Crippen molar-refractivity contribution in [2.75, 3.05) is 6.61 Å². The molecule has 5 nitrogen and oxygen atoms in total. The van der Waals surface area contributed by atoms with Gasteiger partial charge in [-0.2, -0.15) is 18.4 Å². The number of hydrogen-bond donors (Lipinski definition) is 2. The lowest BCUT2D eigenvalue weighted by molar-refractivity contribution is -0.159. The molecule has 0 radical (unpaired) electrons. The third kappa shape index (κ3) is 3.93. The number of ether oxygens (including phenoxy) is 1. The average Bonchev–Trinajstić information content (AvgIpc) is 2.44. The number of nitriles is 1. The van der Waals surface area contributed by atoms with Gasteiger partial charge in [0.1, 0.15) is 6.10 Å². The van der Waals surface area contributed by atoms with E-state index < -0.39 is 35.5 Å². The predicted octanol–water partition coefficient (Wildman–Crippen LogP) is 1.53. The molecule has 0 aliphatic carbocycles. The number of alkyl halides is 3. The quantitative estimate of drug-likeness (QED) is 0.823. The highest BCUT2D eigenvalue weighted by molar-refractivity contribution is 5.75. The van der Waals surface area contributed by atoms with Crippen molar-refractivity contribution >= 4 is 5.97 Å². The van der Waals surface area contributed by atoms with Crippen LogP contribution in [0.15, 0.2) is 18.2 Å². The van der Waals surface area contributed by atoms with Gasteiger partial charge in [0.2, 0.25) is 0 Å². The van der Waals surface area contributed by atoms with Crippen LogP contribution < -0.4 is 0 Å². The number of carbonyl (C=O) groups is 1. The van der Waals surface area contributed by atoms with Gasteiger partial charge in [0.15, 0.2) is 6.10 Å². The number of carbonyl (C=O) groups excluding carboxylic acids is 1. The van der Waals surface area contributed by atoms with Crippen molar-refractivity contribution in [1.82, 2.24) is 0 Å². The summed E-state index contributed by atoms with van der Waals surface area (Å²) in [5, 5.41) is 28.2. The zero-order valence-electron chi connectivity index (χ0n) is 10.9. The first-order valence-electron chi connectivity index (χ1n) is 5.86. The number of hydrogen-bond acceptors (Lipinski definition) is 5. The number of halogens is 3. The normalized spacial score (nSPS) is 14.1. The summed E-state index contributed by atoms with van der Waals surface area (Å²) in [5.41, 5.74) is -1.84. The summed E-state index contributed by atoms with van der Waals surface area (Å²) in [4.78, 5) is 11.3. The van der Waals surface area contributed by atoms with Crippen molar-refractivity contribution in [2.45, 2.75) is 25.3 Å². The number of aliphatic hydroxyl groups is 2. The van der Waals surface area contributed by atoms with Gasteiger partial charge in [0, 0.05) is 5.56 Å². The third-order valence-electron chi connectivity index (χ3n) is 2.65. The van der Waals surface area contributed by atoms with Crippen LogP contribution in [0.3, 0.4) is 0 Å². The minimum atomic E-state index is -4.64. The van der Waals surface area contributed by atoms with Gasteiger partial charge in [-0.3, -0.25) is 0 Å². The fraction of sp³-hybridized carbons (Fsp3) is 0.385. The lowest BCUT2D eigenvalue weighted by Gasteiger charge is -2.18. The maximum atomic E-state index is 12.5. The van der Waals surface area contributed by atoms with Crippen molar-refractivity contribution in [3.8, 4) is 6.07 Å². The van der Waals surface area contributed by atoms with Gasteiger partial charge in [-0.1, -0.05) is 6.07 Å². The van der Waals surface area contributed by atoms with E-state index in [1.54, 1.807) is 0 Å². The van der Waals surface area contributed by atoms with Gasteiger partial charge in [0.25, 0.3) is 0 Å². The molecule has 2 unspecified atom stereocenters. The summed E-state index contributed by atoms with van der Waals surface area (Å²) < 4.78 is 42.1. The van der Waals surface area contributed by atoms with E-state index in [0.29, 0.717) is 12.1 Å². The molecule has 0 fully saturated rings.